The first-order valence-corrected chi connectivity index (χ1v) is 9.26. The minimum atomic E-state index is -1.01. The van der Waals surface area contributed by atoms with E-state index < -0.39 is 11.0 Å². The molecular formula is C20H32ClN3O3. The molecule has 2 amide bonds. The van der Waals surface area contributed by atoms with Gasteiger partial charge in [-0.05, 0) is 19.4 Å². The second kappa shape index (κ2) is 9.53. The zero-order valence-corrected chi connectivity index (χ0v) is 17.5. The molecule has 27 heavy (non-hydrogen) atoms. The summed E-state index contributed by atoms with van der Waals surface area (Å²) in [5.74, 6) is -0.408. The van der Waals surface area contributed by atoms with Crippen molar-refractivity contribution in [3.8, 4) is 0 Å². The Morgan fingerprint density at radius 2 is 1.89 bits per heavy atom. The van der Waals surface area contributed by atoms with Gasteiger partial charge in [0.2, 0.25) is 11.8 Å². The number of benzene rings is 1. The molecule has 1 fully saturated rings. The predicted molar refractivity (Wildman–Crippen MR) is 109 cm³/mol. The van der Waals surface area contributed by atoms with Crippen molar-refractivity contribution in [2.45, 2.75) is 52.3 Å². The van der Waals surface area contributed by atoms with Gasteiger partial charge >= 0.3 is 0 Å². The van der Waals surface area contributed by atoms with E-state index in [1.165, 1.54) is 0 Å². The monoisotopic (exact) mass is 397 g/mol. The third kappa shape index (κ3) is 4.81. The van der Waals surface area contributed by atoms with Crippen LogP contribution in [0.5, 0.6) is 0 Å². The van der Waals surface area contributed by atoms with E-state index in [9.17, 15) is 9.59 Å². The van der Waals surface area contributed by atoms with Crippen molar-refractivity contribution >= 4 is 24.2 Å². The zero-order chi connectivity index (χ0) is 19.4. The predicted octanol–water partition coefficient (Wildman–Crippen LogP) is 2.11. The van der Waals surface area contributed by atoms with Crippen LogP contribution in [-0.2, 0) is 20.9 Å². The standard InChI is InChI=1S/C20H31N3O3.ClH/c1-5-23(14-15-10-8-7-9-11-15)17(24)13-22-18(25)20(21)12-16(26-6-2)19(20,3)4;/h7-11,16H,5-6,12-14,21H2,1-4H3,(H,22,25);1H. The number of carbonyl (C=O) groups is 2. The first-order valence-electron chi connectivity index (χ1n) is 9.26. The van der Waals surface area contributed by atoms with Crippen molar-refractivity contribution in [3.63, 3.8) is 0 Å². The van der Waals surface area contributed by atoms with Crippen LogP contribution < -0.4 is 11.1 Å². The Bertz CT molecular complexity index is 639. The van der Waals surface area contributed by atoms with Crippen LogP contribution in [0.2, 0.25) is 0 Å². The summed E-state index contributed by atoms with van der Waals surface area (Å²) in [4.78, 5) is 26.8. The zero-order valence-electron chi connectivity index (χ0n) is 16.7. The van der Waals surface area contributed by atoms with Crippen molar-refractivity contribution in [3.05, 3.63) is 35.9 Å². The van der Waals surface area contributed by atoms with Crippen molar-refractivity contribution in [2.75, 3.05) is 19.7 Å². The minimum Gasteiger partial charge on any atom is -0.378 e. The molecule has 0 saturated heterocycles. The average Bonchev–Trinajstić information content (AvgIpc) is 2.64. The van der Waals surface area contributed by atoms with Crippen LogP contribution in [0.25, 0.3) is 0 Å². The van der Waals surface area contributed by atoms with E-state index in [2.05, 4.69) is 5.32 Å². The first kappa shape index (κ1) is 23.4. The molecule has 7 heteroatoms. The molecule has 0 radical (unpaired) electrons. The quantitative estimate of drug-likeness (QED) is 0.703. The Morgan fingerprint density at radius 3 is 2.41 bits per heavy atom. The van der Waals surface area contributed by atoms with Crippen molar-refractivity contribution in [2.24, 2.45) is 11.1 Å². The van der Waals surface area contributed by atoms with Crippen LogP contribution in [0.15, 0.2) is 30.3 Å². The van der Waals surface area contributed by atoms with Crippen LogP contribution in [0.4, 0.5) is 0 Å². The van der Waals surface area contributed by atoms with E-state index >= 15 is 0 Å². The molecule has 6 nitrogen and oxygen atoms in total. The number of amides is 2. The van der Waals surface area contributed by atoms with E-state index in [0.717, 1.165) is 5.56 Å². The van der Waals surface area contributed by atoms with Gasteiger partial charge in [-0.2, -0.15) is 0 Å². The number of nitrogens with two attached hydrogens (primary N) is 1. The van der Waals surface area contributed by atoms with Crippen molar-refractivity contribution in [1.29, 1.82) is 0 Å². The maximum atomic E-state index is 12.6. The first-order chi connectivity index (χ1) is 12.3. The summed E-state index contributed by atoms with van der Waals surface area (Å²) in [7, 11) is 0. The molecule has 0 aliphatic heterocycles. The molecule has 1 aliphatic carbocycles. The Hall–Kier alpha value is -1.63. The molecule has 1 aromatic carbocycles. The van der Waals surface area contributed by atoms with Gasteiger partial charge in [0.15, 0.2) is 0 Å². The Kier molecular flexibility index (Phi) is 8.26. The Balaban J connectivity index is 0.00000364. The summed E-state index contributed by atoms with van der Waals surface area (Å²) in [5.41, 5.74) is 5.93. The van der Waals surface area contributed by atoms with Gasteiger partial charge in [-0.1, -0.05) is 44.2 Å². The number of halogens is 1. The van der Waals surface area contributed by atoms with E-state index in [-0.39, 0.29) is 36.9 Å². The topological polar surface area (TPSA) is 84.7 Å². The lowest BCUT2D eigenvalue weighted by atomic mass is 9.54. The van der Waals surface area contributed by atoms with Crippen LogP contribution in [0.3, 0.4) is 0 Å². The van der Waals surface area contributed by atoms with Crippen LogP contribution in [-0.4, -0.2) is 48.1 Å². The van der Waals surface area contributed by atoms with Gasteiger partial charge in [0, 0.05) is 31.5 Å². The lowest BCUT2D eigenvalue weighted by Crippen LogP contribution is -2.76. The number of hydrogen-bond donors (Lipinski definition) is 2. The highest BCUT2D eigenvalue weighted by Crippen LogP contribution is 2.49. The molecule has 1 aliphatic rings. The van der Waals surface area contributed by atoms with Gasteiger partial charge in [0.05, 0.1) is 12.6 Å². The Morgan fingerprint density at radius 1 is 1.26 bits per heavy atom. The number of ether oxygens (including phenoxy) is 1. The highest BCUT2D eigenvalue weighted by atomic mass is 35.5. The summed E-state index contributed by atoms with van der Waals surface area (Å²) in [6.45, 7) is 9.38. The lowest BCUT2D eigenvalue weighted by molar-refractivity contribution is -0.171. The van der Waals surface area contributed by atoms with Crippen LogP contribution >= 0.6 is 12.4 Å². The molecule has 0 bridgehead atoms. The van der Waals surface area contributed by atoms with Crippen molar-refractivity contribution in [1.82, 2.24) is 10.2 Å². The number of carbonyl (C=O) groups excluding carboxylic acids is 2. The van der Waals surface area contributed by atoms with Crippen LogP contribution in [0.1, 0.15) is 39.7 Å². The smallest absolute Gasteiger partial charge is 0.242 e. The molecule has 0 heterocycles. The maximum absolute atomic E-state index is 12.6. The van der Waals surface area contributed by atoms with Gasteiger partial charge in [-0.15, -0.1) is 12.4 Å². The third-order valence-electron chi connectivity index (χ3n) is 5.59. The van der Waals surface area contributed by atoms with Gasteiger partial charge in [0.1, 0.15) is 5.54 Å². The average molecular weight is 398 g/mol. The number of nitrogens with zero attached hydrogens (tertiary/aromatic N) is 1. The van der Waals surface area contributed by atoms with Gasteiger partial charge < -0.3 is 20.7 Å². The SMILES string of the molecule is CCOC1CC(N)(C(=O)NCC(=O)N(CC)Cc2ccccc2)C1(C)C.Cl. The summed E-state index contributed by atoms with van der Waals surface area (Å²) in [6, 6.07) is 9.79. The second-order valence-corrected chi connectivity index (χ2v) is 7.42. The second-order valence-electron chi connectivity index (χ2n) is 7.42. The highest BCUT2D eigenvalue weighted by Gasteiger charge is 2.62. The van der Waals surface area contributed by atoms with Gasteiger partial charge in [-0.3, -0.25) is 9.59 Å². The molecule has 2 atom stereocenters. The fourth-order valence-electron chi connectivity index (χ4n) is 3.43. The molecular weight excluding hydrogens is 366 g/mol. The number of likely N-dealkylation sites (N-methyl/N-ethyl adjacent to an activating group) is 1. The fraction of sp³-hybridized carbons (Fsp3) is 0.600. The number of rotatable bonds is 8. The molecule has 1 aromatic rings. The maximum Gasteiger partial charge on any atom is 0.242 e. The molecule has 3 N–H and O–H groups in total. The summed E-state index contributed by atoms with van der Waals surface area (Å²) < 4.78 is 5.65. The summed E-state index contributed by atoms with van der Waals surface area (Å²) in [5, 5.41) is 2.73. The highest BCUT2D eigenvalue weighted by molar-refractivity contribution is 5.92. The normalized spacial score (nSPS) is 22.9. The third-order valence-corrected chi connectivity index (χ3v) is 5.59. The molecule has 0 spiro atoms. The van der Waals surface area contributed by atoms with Crippen LogP contribution in [0, 0.1) is 5.41 Å². The Labute approximate surface area is 168 Å². The molecule has 152 valence electrons. The molecule has 2 unspecified atom stereocenters. The number of nitrogens with one attached hydrogen (secondary N) is 1. The van der Waals surface area contributed by atoms with Gasteiger partial charge in [-0.25, -0.2) is 0 Å². The van der Waals surface area contributed by atoms with Crippen molar-refractivity contribution < 1.29 is 14.3 Å². The molecule has 2 rings (SSSR count). The lowest BCUT2D eigenvalue weighted by Gasteiger charge is -2.57. The summed E-state index contributed by atoms with van der Waals surface area (Å²) >= 11 is 0. The van der Waals surface area contributed by atoms with E-state index in [1.807, 2.05) is 58.0 Å². The minimum absolute atomic E-state index is 0. The summed E-state index contributed by atoms with van der Waals surface area (Å²) in [6.07, 6.45) is 0.430. The van der Waals surface area contributed by atoms with E-state index in [0.29, 0.717) is 26.1 Å². The van der Waals surface area contributed by atoms with E-state index in [1.54, 1.807) is 4.90 Å². The largest absolute Gasteiger partial charge is 0.378 e. The molecule has 0 aromatic heterocycles. The fourth-order valence-corrected chi connectivity index (χ4v) is 3.43. The van der Waals surface area contributed by atoms with Gasteiger partial charge in [0.25, 0.3) is 0 Å². The van der Waals surface area contributed by atoms with E-state index in [4.69, 9.17) is 10.5 Å². The molecule has 1 saturated carbocycles. The number of hydrogen-bond acceptors (Lipinski definition) is 4.